The van der Waals surface area contributed by atoms with Crippen molar-refractivity contribution in [2.45, 2.75) is 6.92 Å². The minimum absolute atomic E-state index is 0.164. The van der Waals surface area contributed by atoms with E-state index >= 15 is 0 Å². The van der Waals surface area contributed by atoms with Crippen molar-refractivity contribution in [3.63, 3.8) is 0 Å². The highest BCUT2D eigenvalue weighted by atomic mass is 16.5. The maximum absolute atomic E-state index is 13.1. The van der Waals surface area contributed by atoms with E-state index in [0.717, 1.165) is 10.9 Å². The van der Waals surface area contributed by atoms with Crippen molar-refractivity contribution >= 4 is 28.2 Å². The first kappa shape index (κ1) is 18.7. The van der Waals surface area contributed by atoms with E-state index in [1.54, 1.807) is 18.3 Å². The van der Waals surface area contributed by atoms with Crippen LogP contribution in [-0.2, 0) is 4.74 Å². The topological polar surface area (TPSA) is 111 Å². The summed E-state index contributed by atoms with van der Waals surface area (Å²) in [6.07, 6.45) is 1.56. The monoisotopic (exact) mass is 389 g/mol. The summed E-state index contributed by atoms with van der Waals surface area (Å²) in [6.45, 7) is 4.29. The van der Waals surface area contributed by atoms with E-state index in [1.807, 2.05) is 24.0 Å². The molecule has 0 spiro atoms. The van der Waals surface area contributed by atoms with Crippen LogP contribution >= 0.6 is 0 Å². The van der Waals surface area contributed by atoms with Crippen molar-refractivity contribution in [3.05, 3.63) is 63.7 Å². The third-order valence-corrected chi connectivity index (χ3v) is 4.90. The van der Waals surface area contributed by atoms with Crippen LogP contribution in [0.25, 0.3) is 10.9 Å². The maximum Gasteiger partial charge on any atom is 0.257 e. The van der Waals surface area contributed by atoms with Crippen molar-refractivity contribution in [1.29, 1.82) is 5.26 Å². The minimum Gasteiger partial charge on any atom is -0.378 e. The Morgan fingerprint density at radius 1 is 1.28 bits per heavy atom. The van der Waals surface area contributed by atoms with Crippen LogP contribution in [-0.4, -0.2) is 42.2 Å². The predicted octanol–water partition coefficient (Wildman–Crippen LogP) is 2.19. The molecule has 0 atom stereocenters. The van der Waals surface area contributed by atoms with Crippen LogP contribution < -0.4 is 15.8 Å². The van der Waals surface area contributed by atoms with Gasteiger partial charge in [-0.1, -0.05) is 0 Å². The average molecular weight is 389 g/mol. The number of hydrogen-bond donors (Lipinski definition) is 2. The highest BCUT2D eigenvalue weighted by molar-refractivity contribution is 6.09. The Labute approximate surface area is 166 Å². The Morgan fingerprint density at radius 3 is 2.83 bits per heavy atom. The number of amides is 1. The van der Waals surface area contributed by atoms with Crippen LogP contribution in [0.1, 0.15) is 21.6 Å². The van der Waals surface area contributed by atoms with E-state index in [2.05, 4.69) is 15.3 Å². The van der Waals surface area contributed by atoms with Crippen LogP contribution in [0.3, 0.4) is 0 Å². The number of carbonyl (C=O) groups is 1. The number of carbonyl (C=O) groups excluding carboxylic acids is 1. The van der Waals surface area contributed by atoms with Gasteiger partial charge in [-0.05, 0) is 36.8 Å². The van der Waals surface area contributed by atoms with Gasteiger partial charge in [0.05, 0.1) is 30.7 Å². The fourth-order valence-electron chi connectivity index (χ4n) is 3.45. The van der Waals surface area contributed by atoms with Gasteiger partial charge in [-0.2, -0.15) is 5.26 Å². The largest absolute Gasteiger partial charge is 0.378 e. The van der Waals surface area contributed by atoms with Gasteiger partial charge in [0, 0.05) is 35.7 Å². The fraction of sp³-hybridized carbons (Fsp3) is 0.238. The first-order chi connectivity index (χ1) is 14.0. The van der Waals surface area contributed by atoms with E-state index in [4.69, 9.17) is 4.74 Å². The number of nitrogens with zero attached hydrogens (tertiary/aromatic N) is 3. The number of ether oxygens (including phenoxy) is 1. The van der Waals surface area contributed by atoms with Gasteiger partial charge in [0.1, 0.15) is 11.8 Å². The number of fused-ring (bicyclic) bond motifs is 1. The number of nitrogens with one attached hydrogen (secondary N) is 2. The average Bonchev–Trinajstić information content (AvgIpc) is 2.74. The molecule has 1 aliphatic heterocycles. The molecule has 8 nitrogen and oxygen atoms in total. The molecule has 0 saturated carbocycles. The molecule has 1 fully saturated rings. The van der Waals surface area contributed by atoms with Gasteiger partial charge >= 0.3 is 0 Å². The third-order valence-electron chi connectivity index (χ3n) is 4.90. The van der Waals surface area contributed by atoms with Crippen LogP contribution in [0.15, 0.2) is 41.3 Å². The summed E-state index contributed by atoms with van der Waals surface area (Å²) in [5, 5.41) is 12.9. The molecule has 0 radical (unpaired) electrons. The Kier molecular flexibility index (Phi) is 4.97. The molecule has 146 valence electrons. The molecular formula is C21H19N5O3. The number of morpholine rings is 1. The fourth-order valence-corrected chi connectivity index (χ4v) is 3.45. The van der Waals surface area contributed by atoms with E-state index in [0.29, 0.717) is 48.8 Å². The summed E-state index contributed by atoms with van der Waals surface area (Å²) in [6, 6.07) is 10.3. The molecule has 29 heavy (non-hydrogen) atoms. The highest BCUT2D eigenvalue weighted by Gasteiger charge is 2.20. The second-order valence-corrected chi connectivity index (χ2v) is 6.83. The Morgan fingerprint density at radius 2 is 2.07 bits per heavy atom. The SMILES string of the molecule is Cc1cc(=O)[nH]c2ccc(NC(=O)c3cc(C#N)ncc3N3CCOCC3)cc12. The minimum atomic E-state index is -0.327. The lowest BCUT2D eigenvalue weighted by atomic mass is 10.1. The maximum atomic E-state index is 13.1. The number of nitriles is 1. The van der Waals surface area contributed by atoms with Gasteiger partial charge in [0.15, 0.2) is 0 Å². The molecule has 0 bridgehead atoms. The molecule has 3 aromatic rings. The zero-order valence-corrected chi connectivity index (χ0v) is 15.9. The van der Waals surface area contributed by atoms with E-state index in [-0.39, 0.29) is 17.2 Å². The molecule has 2 aromatic heterocycles. The number of aromatic amines is 1. The molecule has 1 aromatic carbocycles. The van der Waals surface area contributed by atoms with Gasteiger partial charge < -0.3 is 19.9 Å². The van der Waals surface area contributed by atoms with Crippen molar-refractivity contribution in [3.8, 4) is 6.07 Å². The first-order valence-electron chi connectivity index (χ1n) is 9.23. The van der Waals surface area contributed by atoms with Crippen molar-refractivity contribution in [1.82, 2.24) is 9.97 Å². The second kappa shape index (κ2) is 7.73. The zero-order chi connectivity index (χ0) is 20.4. The second-order valence-electron chi connectivity index (χ2n) is 6.83. The molecule has 1 saturated heterocycles. The standard InChI is InChI=1S/C21H19N5O3/c1-13-8-20(27)25-18-3-2-14(9-16(13)18)24-21(28)17-10-15(11-22)23-12-19(17)26-4-6-29-7-5-26/h2-3,8-10,12H,4-7H2,1H3,(H,24,28)(H,25,27). The van der Waals surface area contributed by atoms with Crippen LogP contribution in [0.4, 0.5) is 11.4 Å². The lowest BCUT2D eigenvalue weighted by molar-refractivity contribution is 0.102. The molecule has 0 aliphatic carbocycles. The summed E-state index contributed by atoms with van der Waals surface area (Å²) in [5.41, 5.74) is 3.20. The lowest BCUT2D eigenvalue weighted by Crippen LogP contribution is -2.37. The number of pyridine rings is 2. The Bertz CT molecular complexity index is 1190. The number of hydrogen-bond acceptors (Lipinski definition) is 6. The first-order valence-corrected chi connectivity index (χ1v) is 9.23. The van der Waals surface area contributed by atoms with Gasteiger partial charge in [0.25, 0.3) is 5.91 Å². The molecule has 4 rings (SSSR count). The van der Waals surface area contributed by atoms with Crippen molar-refractivity contribution in [2.24, 2.45) is 0 Å². The number of anilines is 2. The molecule has 0 unspecified atom stereocenters. The quantitative estimate of drug-likeness (QED) is 0.710. The predicted molar refractivity (Wildman–Crippen MR) is 109 cm³/mol. The number of rotatable bonds is 3. The molecule has 1 aliphatic rings. The number of aromatic nitrogens is 2. The Hall–Kier alpha value is -3.70. The normalized spacial score (nSPS) is 13.9. The molecule has 1 amide bonds. The molecule has 8 heteroatoms. The van der Waals surface area contributed by atoms with Crippen LogP contribution in [0.2, 0.25) is 0 Å². The summed E-state index contributed by atoms with van der Waals surface area (Å²) in [4.78, 5) is 33.6. The highest BCUT2D eigenvalue weighted by Crippen LogP contribution is 2.24. The zero-order valence-electron chi connectivity index (χ0n) is 15.9. The van der Waals surface area contributed by atoms with Gasteiger partial charge in [-0.25, -0.2) is 4.98 Å². The molecule has 2 N–H and O–H groups in total. The van der Waals surface area contributed by atoms with E-state index in [9.17, 15) is 14.9 Å². The summed E-state index contributed by atoms with van der Waals surface area (Å²) < 4.78 is 5.38. The van der Waals surface area contributed by atoms with Crippen LogP contribution in [0, 0.1) is 18.3 Å². The van der Waals surface area contributed by atoms with Gasteiger partial charge in [0.2, 0.25) is 5.56 Å². The summed E-state index contributed by atoms with van der Waals surface area (Å²) >= 11 is 0. The van der Waals surface area contributed by atoms with Gasteiger partial charge in [-0.15, -0.1) is 0 Å². The molecular weight excluding hydrogens is 370 g/mol. The number of benzene rings is 1. The number of H-pyrrole nitrogens is 1. The van der Waals surface area contributed by atoms with E-state index < -0.39 is 0 Å². The van der Waals surface area contributed by atoms with Crippen molar-refractivity contribution in [2.75, 3.05) is 36.5 Å². The third kappa shape index (κ3) is 3.81. The smallest absolute Gasteiger partial charge is 0.257 e. The van der Waals surface area contributed by atoms with E-state index in [1.165, 1.54) is 12.1 Å². The number of aryl methyl sites for hydroxylation is 1. The van der Waals surface area contributed by atoms with Crippen molar-refractivity contribution < 1.29 is 9.53 Å². The van der Waals surface area contributed by atoms with Crippen LogP contribution in [0.5, 0.6) is 0 Å². The summed E-state index contributed by atoms with van der Waals surface area (Å²) in [5.74, 6) is -0.327. The lowest BCUT2D eigenvalue weighted by Gasteiger charge is -2.30. The molecule has 3 heterocycles. The van der Waals surface area contributed by atoms with Gasteiger partial charge in [-0.3, -0.25) is 9.59 Å². The summed E-state index contributed by atoms with van der Waals surface area (Å²) in [7, 11) is 0. The Balaban J connectivity index is 1.68.